The summed E-state index contributed by atoms with van der Waals surface area (Å²) in [5, 5.41) is 0. The summed E-state index contributed by atoms with van der Waals surface area (Å²) in [6.07, 6.45) is 7.67. The fraction of sp³-hybridized carbons (Fsp3) is 0.632. The Labute approximate surface area is 140 Å². The molecule has 0 bridgehead atoms. The van der Waals surface area contributed by atoms with E-state index in [9.17, 15) is 4.79 Å². The molecule has 0 radical (unpaired) electrons. The van der Waals surface area contributed by atoms with Crippen molar-refractivity contribution < 1.29 is 19.3 Å². The van der Waals surface area contributed by atoms with Crippen LogP contribution in [0.4, 0.5) is 0 Å². The van der Waals surface area contributed by atoms with E-state index < -0.39 is 5.97 Å². The van der Waals surface area contributed by atoms with Crippen molar-refractivity contribution in [2.24, 2.45) is 0 Å². The second kappa shape index (κ2) is 11.9. The highest BCUT2D eigenvalue weighted by molar-refractivity contribution is 5.89. The number of carbonyl (C=O) groups is 1. The first-order valence-electron chi connectivity index (χ1n) is 8.77. The number of unbranched alkanes of at least 4 members (excludes halogenated alkanes) is 4. The van der Waals surface area contributed by atoms with Crippen molar-refractivity contribution in [2.45, 2.75) is 71.8 Å². The summed E-state index contributed by atoms with van der Waals surface area (Å²) < 4.78 is 5.56. The average Bonchev–Trinajstić information content (AvgIpc) is 2.57. The highest BCUT2D eigenvalue weighted by Gasteiger charge is 2.11. The number of ether oxygens (including phenoxy) is 1. The van der Waals surface area contributed by atoms with Crippen molar-refractivity contribution in [3.8, 4) is 5.75 Å². The molecule has 0 N–H and O–H groups in total. The minimum absolute atomic E-state index is 0.0764. The van der Waals surface area contributed by atoms with E-state index in [2.05, 4.69) is 13.8 Å². The van der Waals surface area contributed by atoms with Crippen molar-refractivity contribution in [1.29, 1.82) is 0 Å². The molecule has 1 rings (SSSR count). The van der Waals surface area contributed by atoms with Crippen LogP contribution in [-0.2, 0) is 9.78 Å². The first-order valence-corrected chi connectivity index (χ1v) is 8.77. The van der Waals surface area contributed by atoms with E-state index in [1.165, 1.54) is 19.3 Å². The van der Waals surface area contributed by atoms with Crippen LogP contribution < -0.4 is 4.74 Å². The fourth-order valence-corrected chi connectivity index (χ4v) is 2.10. The molecular formula is C19H30O4. The second-order valence-corrected chi connectivity index (χ2v) is 5.85. The normalized spacial score (nSPS) is 12.0. The number of hydrogen-bond acceptors (Lipinski definition) is 4. The lowest BCUT2D eigenvalue weighted by Crippen LogP contribution is -2.13. The first-order chi connectivity index (χ1) is 11.2. The lowest BCUT2D eigenvalue weighted by molar-refractivity contribution is -0.271. The van der Waals surface area contributed by atoms with Crippen LogP contribution in [0.1, 0.15) is 76.1 Å². The molecule has 0 saturated heterocycles. The van der Waals surface area contributed by atoms with Crippen LogP contribution in [0.3, 0.4) is 0 Å². The van der Waals surface area contributed by atoms with Gasteiger partial charge in [0, 0.05) is 0 Å². The predicted octanol–water partition coefficient (Wildman–Crippen LogP) is 5.31. The number of rotatable bonds is 12. The topological polar surface area (TPSA) is 44.8 Å². The van der Waals surface area contributed by atoms with Gasteiger partial charge in [-0.1, -0.05) is 46.0 Å². The fourth-order valence-electron chi connectivity index (χ4n) is 2.10. The molecule has 23 heavy (non-hydrogen) atoms. The highest BCUT2D eigenvalue weighted by Crippen LogP contribution is 2.14. The summed E-state index contributed by atoms with van der Waals surface area (Å²) >= 11 is 0. The highest BCUT2D eigenvalue weighted by atomic mass is 17.2. The molecule has 1 aromatic carbocycles. The van der Waals surface area contributed by atoms with Crippen molar-refractivity contribution >= 4 is 5.97 Å². The van der Waals surface area contributed by atoms with Crippen molar-refractivity contribution in [3.05, 3.63) is 29.8 Å². The third-order valence-electron chi connectivity index (χ3n) is 3.61. The van der Waals surface area contributed by atoms with E-state index in [0.717, 1.165) is 31.4 Å². The lowest BCUT2D eigenvalue weighted by Gasteiger charge is -2.11. The summed E-state index contributed by atoms with van der Waals surface area (Å²) in [7, 11) is 0. The van der Waals surface area contributed by atoms with Crippen LogP contribution in [0.5, 0.6) is 5.75 Å². The van der Waals surface area contributed by atoms with Gasteiger partial charge < -0.3 is 4.74 Å². The van der Waals surface area contributed by atoms with Crippen LogP contribution in [0.25, 0.3) is 0 Å². The summed E-state index contributed by atoms with van der Waals surface area (Å²) in [6.45, 7) is 6.91. The van der Waals surface area contributed by atoms with Crippen LogP contribution in [-0.4, -0.2) is 18.7 Å². The van der Waals surface area contributed by atoms with Gasteiger partial charge >= 0.3 is 5.97 Å². The molecule has 0 fully saturated rings. The van der Waals surface area contributed by atoms with Crippen LogP contribution in [0.2, 0.25) is 0 Å². The SMILES string of the molecule is CCCCCCC(C)OOC(=O)c1ccc(OCCCC)cc1. The van der Waals surface area contributed by atoms with Gasteiger partial charge in [0.15, 0.2) is 0 Å². The summed E-state index contributed by atoms with van der Waals surface area (Å²) in [6, 6.07) is 6.94. The van der Waals surface area contributed by atoms with Crippen molar-refractivity contribution in [3.63, 3.8) is 0 Å². The van der Waals surface area contributed by atoms with E-state index in [1.807, 2.05) is 6.92 Å². The third-order valence-corrected chi connectivity index (χ3v) is 3.61. The van der Waals surface area contributed by atoms with E-state index in [4.69, 9.17) is 14.5 Å². The van der Waals surface area contributed by atoms with Gasteiger partial charge in [0.2, 0.25) is 0 Å². The van der Waals surface area contributed by atoms with Gasteiger partial charge in [-0.15, -0.1) is 0 Å². The Kier molecular flexibility index (Phi) is 10.1. The Morgan fingerprint density at radius 1 is 1.00 bits per heavy atom. The van der Waals surface area contributed by atoms with Gasteiger partial charge in [0.05, 0.1) is 12.2 Å². The monoisotopic (exact) mass is 322 g/mol. The largest absolute Gasteiger partial charge is 0.494 e. The molecule has 0 aliphatic rings. The van der Waals surface area contributed by atoms with Crippen LogP contribution >= 0.6 is 0 Å². The molecule has 130 valence electrons. The zero-order valence-corrected chi connectivity index (χ0v) is 14.7. The Bertz CT molecular complexity index is 428. The van der Waals surface area contributed by atoms with E-state index in [0.29, 0.717) is 12.2 Å². The van der Waals surface area contributed by atoms with Gasteiger partial charge in [-0.2, -0.15) is 4.89 Å². The molecule has 1 aromatic rings. The molecule has 0 aliphatic heterocycles. The molecular weight excluding hydrogens is 292 g/mol. The van der Waals surface area contributed by atoms with Gasteiger partial charge in [0.1, 0.15) is 11.9 Å². The van der Waals surface area contributed by atoms with Gasteiger partial charge in [-0.25, -0.2) is 4.79 Å². The molecule has 4 nitrogen and oxygen atoms in total. The summed E-state index contributed by atoms with van der Waals surface area (Å²) in [5.41, 5.74) is 0.464. The predicted molar refractivity (Wildman–Crippen MR) is 91.6 cm³/mol. The van der Waals surface area contributed by atoms with Crippen LogP contribution in [0, 0.1) is 0 Å². The Morgan fingerprint density at radius 3 is 2.35 bits per heavy atom. The Balaban J connectivity index is 2.28. The van der Waals surface area contributed by atoms with E-state index in [1.54, 1.807) is 24.3 Å². The van der Waals surface area contributed by atoms with Gasteiger partial charge in [0.25, 0.3) is 0 Å². The molecule has 0 aromatic heterocycles. The molecule has 0 aliphatic carbocycles. The van der Waals surface area contributed by atoms with Crippen LogP contribution in [0.15, 0.2) is 24.3 Å². The number of benzene rings is 1. The maximum absolute atomic E-state index is 11.9. The Morgan fingerprint density at radius 2 is 1.70 bits per heavy atom. The average molecular weight is 322 g/mol. The van der Waals surface area contributed by atoms with E-state index in [-0.39, 0.29) is 6.10 Å². The van der Waals surface area contributed by atoms with Crippen molar-refractivity contribution in [2.75, 3.05) is 6.61 Å². The maximum Gasteiger partial charge on any atom is 0.373 e. The third kappa shape index (κ3) is 8.60. The minimum atomic E-state index is -0.467. The summed E-state index contributed by atoms with van der Waals surface area (Å²) in [5.74, 6) is 0.297. The van der Waals surface area contributed by atoms with Crippen molar-refractivity contribution in [1.82, 2.24) is 0 Å². The standard InChI is InChI=1S/C19H30O4/c1-4-6-8-9-10-16(3)22-23-19(20)17-11-13-18(14-12-17)21-15-7-5-2/h11-14,16H,4-10,15H2,1-3H3. The molecule has 1 unspecified atom stereocenters. The molecule has 0 spiro atoms. The molecule has 4 heteroatoms. The lowest BCUT2D eigenvalue weighted by atomic mass is 10.1. The molecule has 0 amide bonds. The molecule has 0 heterocycles. The molecule has 0 saturated carbocycles. The van der Waals surface area contributed by atoms with Gasteiger partial charge in [-0.05, 0) is 44.0 Å². The number of carbonyl (C=O) groups excluding carboxylic acids is 1. The Hall–Kier alpha value is -1.55. The van der Waals surface area contributed by atoms with E-state index >= 15 is 0 Å². The smallest absolute Gasteiger partial charge is 0.373 e. The minimum Gasteiger partial charge on any atom is -0.494 e. The summed E-state index contributed by atoms with van der Waals surface area (Å²) in [4.78, 5) is 22.0. The quantitative estimate of drug-likeness (QED) is 0.297. The zero-order chi connectivity index (χ0) is 16.9. The maximum atomic E-state index is 11.9. The second-order valence-electron chi connectivity index (χ2n) is 5.85. The van der Waals surface area contributed by atoms with Gasteiger partial charge in [-0.3, -0.25) is 4.89 Å². The molecule has 1 atom stereocenters. The first kappa shape index (κ1) is 19.5. The number of hydrogen-bond donors (Lipinski definition) is 0. The zero-order valence-electron chi connectivity index (χ0n) is 14.7.